The highest BCUT2D eigenvalue weighted by Crippen LogP contribution is 2.26. The van der Waals surface area contributed by atoms with E-state index in [1.165, 1.54) is 9.75 Å². The van der Waals surface area contributed by atoms with E-state index in [4.69, 9.17) is 0 Å². The molecule has 0 aliphatic rings. The molecule has 0 aromatic carbocycles. The van der Waals surface area contributed by atoms with Crippen LogP contribution in [0.5, 0.6) is 0 Å². The van der Waals surface area contributed by atoms with E-state index in [0.29, 0.717) is 5.56 Å². The van der Waals surface area contributed by atoms with Gasteiger partial charge in [-0.3, -0.25) is 9.59 Å². The molecule has 2 aromatic heterocycles. The summed E-state index contributed by atoms with van der Waals surface area (Å²) in [5.74, 6) is -0.329. The summed E-state index contributed by atoms with van der Waals surface area (Å²) in [4.78, 5) is 29.4. The lowest BCUT2D eigenvalue weighted by Gasteiger charge is -2.14. The number of aryl methyl sites for hydroxylation is 4. The van der Waals surface area contributed by atoms with Gasteiger partial charge in [0.15, 0.2) is 0 Å². The first-order valence-corrected chi connectivity index (χ1v) is 7.69. The van der Waals surface area contributed by atoms with E-state index in [2.05, 4.69) is 16.4 Å². The zero-order chi connectivity index (χ0) is 15.7. The van der Waals surface area contributed by atoms with Gasteiger partial charge in [0.05, 0.1) is 6.04 Å². The van der Waals surface area contributed by atoms with Gasteiger partial charge in [0.2, 0.25) is 0 Å². The number of hydrogen-bond acceptors (Lipinski definition) is 3. The van der Waals surface area contributed by atoms with E-state index in [0.717, 1.165) is 11.3 Å². The number of nitrogens with one attached hydrogen (secondary N) is 2. The Balaban J connectivity index is 2.26. The number of amides is 1. The van der Waals surface area contributed by atoms with Gasteiger partial charge in [-0.25, -0.2) is 0 Å². The number of carbonyl (C=O) groups excluding carboxylic acids is 1. The van der Waals surface area contributed by atoms with Crippen LogP contribution in [0, 0.1) is 27.7 Å². The number of thiophene rings is 1. The van der Waals surface area contributed by atoms with E-state index in [1.54, 1.807) is 31.3 Å². The van der Waals surface area contributed by atoms with Crippen molar-refractivity contribution in [2.24, 2.45) is 0 Å². The van der Waals surface area contributed by atoms with E-state index in [-0.39, 0.29) is 23.1 Å². The SMILES string of the molecule is Cc1cc(C)c(C(=O)N[C@@H](C)c2cc(C)sc2C)c(=O)[nH]1. The number of rotatable bonds is 3. The third-order valence-electron chi connectivity index (χ3n) is 3.49. The molecule has 21 heavy (non-hydrogen) atoms. The van der Waals surface area contributed by atoms with Crippen LogP contribution < -0.4 is 10.9 Å². The van der Waals surface area contributed by atoms with Crippen LogP contribution in [-0.4, -0.2) is 10.9 Å². The average Bonchev–Trinajstić information content (AvgIpc) is 2.66. The lowest BCUT2D eigenvalue weighted by molar-refractivity contribution is 0.0937. The van der Waals surface area contributed by atoms with Crippen molar-refractivity contribution < 1.29 is 4.79 Å². The van der Waals surface area contributed by atoms with Gasteiger partial charge in [-0.1, -0.05) is 0 Å². The fourth-order valence-electron chi connectivity index (χ4n) is 2.56. The molecule has 0 aliphatic heterocycles. The van der Waals surface area contributed by atoms with Crippen LogP contribution in [0.1, 0.15) is 49.9 Å². The standard InChI is InChI=1S/C16H20N2O2S/c1-8-6-9(2)17-15(19)14(8)16(20)18-11(4)13-7-10(3)21-12(13)5/h6-7,11H,1-5H3,(H,17,19)(H,18,20)/t11-/m0/s1. The number of aromatic amines is 1. The van der Waals surface area contributed by atoms with Crippen LogP contribution in [-0.2, 0) is 0 Å². The second kappa shape index (κ2) is 5.85. The molecule has 2 N–H and O–H groups in total. The maximum Gasteiger partial charge on any atom is 0.261 e. The van der Waals surface area contributed by atoms with E-state index < -0.39 is 0 Å². The van der Waals surface area contributed by atoms with Crippen molar-refractivity contribution in [1.82, 2.24) is 10.3 Å². The summed E-state index contributed by atoms with van der Waals surface area (Å²) in [5.41, 5.74) is 2.41. The van der Waals surface area contributed by atoms with Crippen molar-refractivity contribution in [3.05, 3.63) is 54.6 Å². The van der Waals surface area contributed by atoms with Gasteiger partial charge in [0, 0.05) is 15.4 Å². The molecule has 1 atom stereocenters. The minimum absolute atomic E-state index is 0.123. The Labute approximate surface area is 128 Å². The minimum Gasteiger partial charge on any atom is -0.345 e. The van der Waals surface area contributed by atoms with E-state index >= 15 is 0 Å². The van der Waals surface area contributed by atoms with Crippen molar-refractivity contribution in [2.45, 2.75) is 40.7 Å². The number of H-pyrrole nitrogens is 1. The van der Waals surface area contributed by atoms with Crippen molar-refractivity contribution >= 4 is 17.2 Å². The van der Waals surface area contributed by atoms with Gasteiger partial charge in [-0.2, -0.15) is 0 Å². The predicted octanol–water partition coefficient (Wildman–Crippen LogP) is 3.16. The molecule has 0 aliphatic carbocycles. The summed E-state index contributed by atoms with van der Waals surface area (Å²) < 4.78 is 0. The van der Waals surface area contributed by atoms with Crippen LogP contribution in [0.15, 0.2) is 16.9 Å². The number of hydrogen-bond donors (Lipinski definition) is 2. The zero-order valence-electron chi connectivity index (χ0n) is 13.0. The van der Waals surface area contributed by atoms with Crippen molar-refractivity contribution in [3.8, 4) is 0 Å². The Kier molecular flexibility index (Phi) is 4.32. The molecule has 2 rings (SSSR count). The zero-order valence-corrected chi connectivity index (χ0v) is 13.8. The molecule has 2 heterocycles. The van der Waals surface area contributed by atoms with Gasteiger partial charge in [-0.05, 0) is 57.9 Å². The summed E-state index contributed by atoms with van der Waals surface area (Å²) in [6, 6.07) is 3.76. The molecule has 0 bridgehead atoms. The Hall–Kier alpha value is -1.88. The fourth-order valence-corrected chi connectivity index (χ4v) is 3.59. The van der Waals surface area contributed by atoms with Crippen LogP contribution in [0.3, 0.4) is 0 Å². The van der Waals surface area contributed by atoms with E-state index in [9.17, 15) is 9.59 Å². The Bertz CT molecular complexity index is 743. The molecule has 1 amide bonds. The van der Waals surface area contributed by atoms with Gasteiger partial charge in [0.1, 0.15) is 5.56 Å². The normalized spacial score (nSPS) is 12.2. The molecule has 112 valence electrons. The van der Waals surface area contributed by atoms with Crippen LogP contribution >= 0.6 is 11.3 Å². The Morgan fingerprint density at radius 1 is 1.24 bits per heavy atom. The van der Waals surface area contributed by atoms with Crippen molar-refractivity contribution in [3.63, 3.8) is 0 Å². The molecule has 2 aromatic rings. The maximum absolute atomic E-state index is 12.4. The molecule has 0 saturated heterocycles. The van der Waals surface area contributed by atoms with Crippen LogP contribution in [0.4, 0.5) is 0 Å². The molecule has 0 radical (unpaired) electrons. The van der Waals surface area contributed by atoms with Gasteiger partial charge >= 0.3 is 0 Å². The summed E-state index contributed by atoms with van der Waals surface area (Å²) in [6.45, 7) is 9.60. The lowest BCUT2D eigenvalue weighted by Crippen LogP contribution is -2.32. The molecule has 0 spiro atoms. The van der Waals surface area contributed by atoms with Crippen LogP contribution in [0.25, 0.3) is 0 Å². The molecule has 0 fully saturated rings. The fraction of sp³-hybridized carbons (Fsp3) is 0.375. The third-order valence-corrected chi connectivity index (χ3v) is 4.47. The first-order valence-electron chi connectivity index (χ1n) is 6.88. The number of aromatic nitrogens is 1. The van der Waals surface area contributed by atoms with Crippen LogP contribution in [0.2, 0.25) is 0 Å². The topological polar surface area (TPSA) is 62.0 Å². The summed E-state index contributed by atoms with van der Waals surface area (Å²) >= 11 is 1.71. The third kappa shape index (κ3) is 3.24. The van der Waals surface area contributed by atoms with Gasteiger partial charge in [-0.15, -0.1) is 11.3 Å². The molecular formula is C16H20N2O2S. The summed E-state index contributed by atoms with van der Waals surface area (Å²) in [5, 5.41) is 2.92. The van der Waals surface area contributed by atoms with Crippen molar-refractivity contribution in [1.29, 1.82) is 0 Å². The number of pyridine rings is 1. The average molecular weight is 304 g/mol. The smallest absolute Gasteiger partial charge is 0.261 e. The highest BCUT2D eigenvalue weighted by Gasteiger charge is 2.19. The largest absolute Gasteiger partial charge is 0.345 e. The van der Waals surface area contributed by atoms with Crippen molar-refractivity contribution in [2.75, 3.05) is 0 Å². The molecular weight excluding hydrogens is 284 g/mol. The molecule has 0 unspecified atom stereocenters. The number of carbonyl (C=O) groups is 1. The second-order valence-electron chi connectivity index (χ2n) is 5.40. The first-order chi connectivity index (χ1) is 9.79. The molecule has 0 saturated carbocycles. The quantitative estimate of drug-likeness (QED) is 0.915. The van der Waals surface area contributed by atoms with E-state index in [1.807, 2.05) is 20.8 Å². The summed E-state index contributed by atoms with van der Waals surface area (Å²) in [6.07, 6.45) is 0. The second-order valence-corrected chi connectivity index (χ2v) is 6.86. The molecule has 5 heteroatoms. The Morgan fingerprint density at radius 2 is 1.90 bits per heavy atom. The van der Waals surface area contributed by atoms with Gasteiger partial charge < -0.3 is 10.3 Å². The first kappa shape index (κ1) is 15.5. The minimum atomic E-state index is -0.338. The maximum atomic E-state index is 12.4. The molecule has 4 nitrogen and oxygen atoms in total. The highest BCUT2D eigenvalue weighted by atomic mass is 32.1. The van der Waals surface area contributed by atoms with Gasteiger partial charge in [0.25, 0.3) is 11.5 Å². The Morgan fingerprint density at radius 3 is 2.43 bits per heavy atom. The monoisotopic (exact) mass is 304 g/mol. The predicted molar refractivity (Wildman–Crippen MR) is 86.2 cm³/mol. The highest BCUT2D eigenvalue weighted by molar-refractivity contribution is 7.12. The summed E-state index contributed by atoms with van der Waals surface area (Å²) in [7, 11) is 0. The lowest BCUT2D eigenvalue weighted by atomic mass is 10.1.